The summed E-state index contributed by atoms with van der Waals surface area (Å²) in [6, 6.07) is 11.1. The maximum Gasteiger partial charge on any atom is 0.256 e. The lowest BCUT2D eigenvalue weighted by Crippen LogP contribution is -2.27. The summed E-state index contributed by atoms with van der Waals surface area (Å²) in [5.41, 5.74) is 2.24. The van der Waals surface area contributed by atoms with Gasteiger partial charge in [0.15, 0.2) is 0 Å². The van der Waals surface area contributed by atoms with Crippen molar-refractivity contribution < 1.29 is 9.32 Å². The van der Waals surface area contributed by atoms with E-state index in [1.54, 1.807) is 36.5 Å². The van der Waals surface area contributed by atoms with Crippen LogP contribution in [0.15, 0.2) is 58.3 Å². The number of rotatable bonds is 6. The minimum absolute atomic E-state index is 0.0856. The fourth-order valence-electron chi connectivity index (χ4n) is 2.31. The zero-order chi connectivity index (χ0) is 17.6. The molecule has 1 amide bonds. The highest BCUT2D eigenvalue weighted by Crippen LogP contribution is 2.25. The minimum atomic E-state index is -0.0856. The smallest absolute Gasteiger partial charge is 0.256 e. The number of aryl methyl sites for hydroxylation is 1. The Morgan fingerprint density at radius 3 is 2.72 bits per heavy atom. The van der Waals surface area contributed by atoms with Crippen molar-refractivity contribution in [3.8, 4) is 0 Å². The number of amides is 1. The summed E-state index contributed by atoms with van der Waals surface area (Å²) in [5, 5.41) is 4.65. The van der Waals surface area contributed by atoms with E-state index in [9.17, 15) is 4.79 Å². The van der Waals surface area contributed by atoms with Gasteiger partial charge in [0.25, 0.3) is 5.91 Å². The number of hydrogen-bond acceptors (Lipinski definition) is 6. The Hall–Kier alpha value is -2.67. The van der Waals surface area contributed by atoms with Crippen LogP contribution < -0.4 is 0 Å². The molecule has 3 aromatic heterocycles. The number of aromatic nitrogens is 3. The Morgan fingerprint density at radius 1 is 1.16 bits per heavy atom. The molecule has 6 nitrogen and oxygen atoms in total. The molecule has 0 aliphatic rings. The van der Waals surface area contributed by atoms with Gasteiger partial charge in [-0.25, -0.2) is 4.98 Å². The number of pyridine rings is 2. The van der Waals surface area contributed by atoms with Crippen LogP contribution in [-0.4, -0.2) is 33.0 Å². The van der Waals surface area contributed by atoms with Crippen LogP contribution in [0.5, 0.6) is 0 Å². The summed E-state index contributed by atoms with van der Waals surface area (Å²) in [6.45, 7) is 2.30. The second kappa shape index (κ2) is 7.94. The molecule has 0 aliphatic heterocycles. The molecule has 0 saturated heterocycles. The van der Waals surface area contributed by atoms with Gasteiger partial charge in [0.1, 0.15) is 10.8 Å². The molecule has 0 N–H and O–H groups in total. The van der Waals surface area contributed by atoms with Crippen molar-refractivity contribution >= 4 is 17.7 Å². The second-order valence-corrected chi connectivity index (χ2v) is 6.52. The lowest BCUT2D eigenvalue weighted by atomic mass is 10.2. The van der Waals surface area contributed by atoms with E-state index >= 15 is 0 Å². The Labute approximate surface area is 150 Å². The molecule has 0 unspecified atom stereocenters. The number of nitrogens with zero attached hydrogens (tertiary/aromatic N) is 4. The molecule has 25 heavy (non-hydrogen) atoms. The Kier molecular flexibility index (Phi) is 5.45. The van der Waals surface area contributed by atoms with Crippen molar-refractivity contribution in [1.29, 1.82) is 0 Å². The Bertz CT molecular complexity index is 851. The predicted octanol–water partition coefficient (Wildman–Crippen LogP) is 3.34. The number of carbonyl (C=O) groups is 1. The molecule has 0 saturated carbocycles. The third kappa shape index (κ3) is 4.45. The first kappa shape index (κ1) is 17.2. The van der Waals surface area contributed by atoms with Crippen LogP contribution in [-0.2, 0) is 12.3 Å². The Balaban J connectivity index is 1.71. The number of carbonyl (C=O) groups excluding carboxylic acids is 1. The fraction of sp³-hybridized carbons (Fsp3) is 0.222. The predicted molar refractivity (Wildman–Crippen MR) is 95.1 cm³/mol. The molecule has 0 spiro atoms. The van der Waals surface area contributed by atoms with Gasteiger partial charge in [0.05, 0.1) is 23.5 Å². The third-order valence-corrected chi connectivity index (χ3v) is 4.55. The second-order valence-electron chi connectivity index (χ2n) is 5.56. The van der Waals surface area contributed by atoms with E-state index in [0.29, 0.717) is 22.9 Å². The fourth-order valence-corrected chi connectivity index (χ4v) is 3.18. The highest BCUT2D eigenvalue weighted by molar-refractivity contribution is 7.98. The maximum atomic E-state index is 12.8. The molecule has 7 heteroatoms. The van der Waals surface area contributed by atoms with E-state index in [4.69, 9.17) is 4.52 Å². The van der Waals surface area contributed by atoms with Crippen molar-refractivity contribution in [2.24, 2.45) is 0 Å². The van der Waals surface area contributed by atoms with Gasteiger partial charge >= 0.3 is 0 Å². The van der Waals surface area contributed by atoms with E-state index < -0.39 is 0 Å². The van der Waals surface area contributed by atoms with E-state index in [0.717, 1.165) is 17.1 Å². The molecule has 0 aliphatic carbocycles. The van der Waals surface area contributed by atoms with Gasteiger partial charge < -0.3 is 9.42 Å². The first-order valence-corrected chi connectivity index (χ1v) is 8.77. The summed E-state index contributed by atoms with van der Waals surface area (Å²) in [5.74, 6) is 1.28. The van der Waals surface area contributed by atoms with Crippen LogP contribution in [0.25, 0.3) is 0 Å². The molecule has 3 heterocycles. The van der Waals surface area contributed by atoms with Crippen LogP contribution >= 0.6 is 11.8 Å². The summed E-state index contributed by atoms with van der Waals surface area (Å²) in [4.78, 5) is 23.1. The normalized spacial score (nSPS) is 10.6. The first-order chi connectivity index (χ1) is 12.1. The zero-order valence-corrected chi connectivity index (χ0v) is 14.9. The van der Waals surface area contributed by atoms with Gasteiger partial charge in [-0.15, -0.1) is 0 Å². The van der Waals surface area contributed by atoms with Crippen molar-refractivity contribution in [2.45, 2.75) is 24.2 Å². The largest absolute Gasteiger partial charge is 0.361 e. The highest BCUT2D eigenvalue weighted by atomic mass is 32.2. The standard InChI is InChI=1S/C18H18N4O2S/c1-13-10-15(21-24-13)12-25-17-16(7-5-9-20-17)18(23)22(2)11-14-6-3-4-8-19-14/h3-10H,11-12H2,1-2H3. The quantitative estimate of drug-likeness (QED) is 0.632. The van der Waals surface area contributed by atoms with Crippen LogP contribution in [0.2, 0.25) is 0 Å². The topological polar surface area (TPSA) is 72.1 Å². The minimum Gasteiger partial charge on any atom is -0.361 e. The zero-order valence-electron chi connectivity index (χ0n) is 14.0. The van der Waals surface area contributed by atoms with Gasteiger partial charge in [0, 0.05) is 31.3 Å². The van der Waals surface area contributed by atoms with Gasteiger partial charge in [0.2, 0.25) is 0 Å². The van der Waals surface area contributed by atoms with Crippen LogP contribution in [0.1, 0.15) is 27.5 Å². The summed E-state index contributed by atoms with van der Waals surface area (Å²) < 4.78 is 5.07. The van der Waals surface area contributed by atoms with Gasteiger partial charge in [-0.3, -0.25) is 9.78 Å². The van der Waals surface area contributed by atoms with Crippen LogP contribution in [0, 0.1) is 6.92 Å². The van der Waals surface area contributed by atoms with E-state index in [-0.39, 0.29) is 5.91 Å². The molecule has 3 aromatic rings. The van der Waals surface area contributed by atoms with Crippen molar-refractivity contribution in [3.63, 3.8) is 0 Å². The van der Waals surface area contributed by atoms with E-state index in [2.05, 4.69) is 15.1 Å². The van der Waals surface area contributed by atoms with Gasteiger partial charge in [-0.1, -0.05) is 23.0 Å². The van der Waals surface area contributed by atoms with Gasteiger partial charge in [-0.05, 0) is 31.2 Å². The van der Waals surface area contributed by atoms with Crippen LogP contribution in [0.3, 0.4) is 0 Å². The molecule has 128 valence electrons. The molecule has 0 bridgehead atoms. The maximum absolute atomic E-state index is 12.8. The summed E-state index contributed by atoms with van der Waals surface area (Å²) >= 11 is 1.47. The monoisotopic (exact) mass is 354 g/mol. The molecule has 0 radical (unpaired) electrons. The van der Waals surface area contributed by atoms with Crippen molar-refractivity contribution in [1.82, 2.24) is 20.0 Å². The summed E-state index contributed by atoms with van der Waals surface area (Å²) in [6.07, 6.45) is 3.41. The summed E-state index contributed by atoms with van der Waals surface area (Å²) in [7, 11) is 1.76. The van der Waals surface area contributed by atoms with E-state index in [1.165, 1.54) is 11.8 Å². The van der Waals surface area contributed by atoms with Crippen LogP contribution in [0.4, 0.5) is 0 Å². The molecule has 3 rings (SSSR count). The van der Waals surface area contributed by atoms with Crippen molar-refractivity contribution in [3.05, 3.63) is 71.5 Å². The lowest BCUT2D eigenvalue weighted by molar-refractivity contribution is 0.0779. The lowest BCUT2D eigenvalue weighted by Gasteiger charge is -2.18. The van der Waals surface area contributed by atoms with E-state index in [1.807, 2.05) is 31.2 Å². The first-order valence-electron chi connectivity index (χ1n) is 7.79. The third-order valence-electron chi connectivity index (χ3n) is 3.51. The average Bonchev–Trinajstić information content (AvgIpc) is 3.06. The highest BCUT2D eigenvalue weighted by Gasteiger charge is 2.18. The average molecular weight is 354 g/mol. The molecular formula is C18H18N4O2S. The van der Waals surface area contributed by atoms with Gasteiger partial charge in [-0.2, -0.15) is 0 Å². The Morgan fingerprint density at radius 2 is 2.00 bits per heavy atom. The number of hydrogen-bond donors (Lipinski definition) is 0. The molecular weight excluding hydrogens is 336 g/mol. The van der Waals surface area contributed by atoms with Crippen molar-refractivity contribution in [2.75, 3.05) is 7.05 Å². The molecule has 0 fully saturated rings. The molecule has 0 aromatic carbocycles. The SMILES string of the molecule is Cc1cc(CSc2ncccc2C(=O)N(C)Cc2ccccn2)no1. The molecule has 0 atom stereocenters. The number of thioether (sulfide) groups is 1.